The lowest BCUT2D eigenvalue weighted by molar-refractivity contribution is -0.128. The van der Waals surface area contributed by atoms with Crippen molar-refractivity contribution in [3.05, 3.63) is 99.0 Å². The minimum absolute atomic E-state index is 0.0666. The fourth-order valence-corrected chi connectivity index (χ4v) is 5.17. The number of hydrogen-bond donors (Lipinski definition) is 1. The summed E-state index contributed by atoms with van der Waals surface area (Å²) < 4.78 is 5.00. The van der Waals surface area contributed by atoms with Crippen molar-refractivity contribution in [2.45, 2.75) is 18.8 Å². The second-order valence-corrected chi connectivity index (χ2v) is 9.71. The largest absolute Gasteiger partial charge is 0.462 e. The van der Waals surface area contributed by atoms with Gasteiger partial charge in [-0.3, -0.25) is 9.59 Å². The van der Waals surface area contributed by atoms with Gasteiger partial charge in [0.1, 0.15) is 5.37 Å². The van der Waals surface area contributed by atoms with Crippen molar-refractivity contribution in [3.63, 3.8) is 0 Å². The summed E-state index contributed by atoms with van der Waals surface area (Å²) in [6, 6.07) is 19.2. The Morgan fingerprint density at radius 3 is 2.46 bits per heavy atom. The zero-order valence-corrected chi connectivity index (χ0v) is 21.1. The molecule has 3 aromatic carbocycles. The number of nitrogens with zero attached hydrogens (tertiary/aromatic N) is 1. The molecule has 3 aromatic rings. The summed E-state index contributed by atoms with van der Waals surface area (Å²) in [6.45, 7) is 2.41. The zero-order valence-electron chi connectivity index (χ0n) is 18.8. The van der Waals surface area contributed by atoms with Gasteiger partial charge in [-0.05, 0) is 60.5 Å². The molecule has 35 heavy (non-hydrogen) atoms. The molecule has 1 saturated heterocycles. The van der Waals surface area contributed by atoms with E-state index in [0.29, 0.717) is 28.6 Å². The fraction of sp³-hybridized carbons (Fsp3) is 0.192. The van der Waals surface area contributed by atoms with E-state index in [2.05, 4.69) is 5.32 Å². The van der Waals surface area contributed by atoms with E-state index in [9.17, 15) is 14.4 Å². The molecule has 180 valence electrons. The lowest BCUT2D eigenvalue weighted by Gasteiger charge is -2.24. The Morgan fingerprint density at radius 1 is 1.06 bits per heavy atom. The molecular weight excluding hydrogens is 507 g/mol. The molecule has 2 amide bonds. The van der Waals surface area contributed by atoms with E-state index in [4.69, 9.17) is 27.9 Å². The second-order valence-electron chi connectivity index (χ2n) is 7.80. The van der Waals surface area contributed by atoms with Crippen molar-refractivity contribution in [3.8, 4) is 0 Å². The molecule has 1 aliphatic rings. The molecule has 0 aromatic heterocycles. The number of ether oxygens (including phenoxy) is 1. The fourth-order valence-electron chi connectivity index (χ4n) is 3.66. The van der Waals surface area contributed by atoms with Crippen LogP contribution in [0.4, 0.5) is 5.69 Å². The van der Waals surface area contributed by atoms with E-state index in [1.165, 1.54) is 12.1 Å². The highest BCUT2D eigenvalue weighted by Crippen LogP contribution is 2.39. The summed E-state index contributed by atoms with van der Waals surface area (Å²) in [7, 11) is 0. The SMILES string of the molecule is CCOC(=O)c1cc(NC(=O)c2ccc(C3SCC(=O)N3Cc3ccc(Cl)cc3)cc2)ccc1Cl. The number of carbonyl (C=O) groups excluding carboxylic acids is 3. The Morgan fingerprint density at radius 2 is 1.77 bits per heavy atom. The number of amides is 2. The van der Waals surface area contributed by atoms with Crippen molar-refractivity contribution in [2.24, 2.45) is 0 Å². The van der Waals surface area contributed by atoms with Gasteiger partial charge in [0.05, 0.1) is 22.9 Å². The number of nitrogens with one attached hydrogen (secondary N) is 1. The van der Waals surface area contributed by atoms with Crippen LogP contribution in [0.15, 0.2) is 66.7 Å². The molecule has 0 aliphatic carbocycles. The summed E-state index contributed by atoms with van der Waals surface area (Å²) in [5.41, 5.74) is 2.99. The number of rotatable bonds is 7. The van der Waals surface area contributed by atoms with Crippen molar-refractivity contribution >= 4 is 58.4 Å². The van der Waals surface area contributed by atoms with Crippen LogP contribution in [0.3, 0.4) is 0 Å². The Kier molecular flexibility index (Phi) is 8.00. The molecule has 1 heterocycles. The van der Waals surface area contributed by atoms with Gasteiger partial charge < -0.3 is 15.0 Å². The van der Waals surface area contributed by atoms with E-state index in [1.807, 2.05) is 41.3 Å². The van der Waals surface area contributed by atoms with Crippen LogP contribution in [0.25, 0.3) is 0 Å². The minimum atomic E-state index is -0.551. The lowest BCUT2D eigenvalue weighted by atomic mass is 10.1. The lowest BCUT2D eigenvalue weighted by Crippen LogP contribution is -2.27. The molecule has 6 nitrogen and oxygen atoms in total. The quantitative estimate of drug-likeness (QED) is 0.369. The molecule has 0 bridgehead atoms. The highest BCUT2D eigenvalue weighted by molar-refractivity contribution is 8.00. The molecule has 1 atom stereocenters. The molecule has 1 N–H and O–H groups in total. The van der Waals surface area contributed by atoms with E-state index in [-0.39, 0.29) is 34.4 Å². The summed E-state index contributed by atoms with van der Waals surface area (Å²) in [5.74, 6) is -0.414. The maximum atomic E-state index is 12.8. The van der Waals surface area contributed by atoms with E-state index >= 15 is 0 Å². The maximum absolute atomic E-state index is 12.8. The van der Waals surface area contributed by atoms with Gasteiger partial charge in [-0.1, -0.05) is 47.5 Å². The first-order valence-corrected chi connectivity index (χ1v) is 12.7. The molecule has 9 heteroatoms. The van der Waals surface area contributed by atoms with E-state index in [0.717, 1.165) is 11.1 Å². The Hall–Kier alpha value is -3.00. The van der Waals surface area contributed by atoms with Crippen molar-refractivity contribution in [2.75, 3.05) is 17.7 Å². The normalized spacial score (nSPS) is 15.2. The van der Waals surface area contributed by atoms with Crippen molar-refractivity contribution in [1.82, 2.24) is 4.90 Å². The van der Waals surface area contributed by atoms with Crippen LogP contribution in [0.5, 0.6) is 0 Å². The molecule has 4 rings (SSSR count). The van der Waals surface area contributed by atoms with E-state index < -0.39 is 5.97 Å². The summed E-state index contributed by atoms with van der Waals surface area (Å²) in [5, 5.41) is 3.54. The van der Waals surface area contributed by atoms with Gasteiger partial charge >= 0.3 is 5.97 Å². The molecular formula is C26H22Cl2N2O4S. The Bertz CT molecular complexity index is 1250. The number of anilines is 1. The monoisotopic (exact) mass is 528 g/mol. The summed E-state index contributed by atoms with van der Waals surface area (Å²) in [4.78, 5) is 39.2. The van der Waals surface area contributed by atoms with Gasteiger partial charge in [0.15, 0.2) is 0 Å². The average Bonchev–Trinajstić information content (AvgIpc) is 3.21. The zero-order chi connectivity index (χ0) is 24.9. The predicted molar refractivity (Wildman–Crippen MR) is 139 cm³/mol. The highest BCUT2D eigenvalue weighted by Gasteiger charge is 2.32. The minimum Gasteiger partial charge on any atom is -0.462 e. The van der Waals surface area contributed by atoms with Gasteiger partial charge in [0.2, 0.25) is 5.91 Å². The second kappa shape index (κ2) is 11.2. The van der Waals surface area contributed by atoms with Crippen LogP contribution in [0.2, 0.25) is 10.0 Å². The molecule has 1 fully saturated rings. The molecule has 1 aliphatic heterocycles. The van der Waals surface area contributed by atoms with E-state index in [1.54, 1.807) is 36.9 Å². The third kappa shape index (κ3) is 5.99. The average molecular weight is 529 g/mol. The van der Waals surface area contributed by atoms with Crippen LogP contribution in [-0.2, 0) is 16.1 Å². The molecule has 0 radical (unpaired) electrons. The van der Waals surface area contributed by atoms with Crippen LogP contribution in [0.1, 0.15) is 44.1 Å². The summed E-state index contributed by atoms with van der Waals surface area (Å²) >= 11 is 13.6. The van der Waals surface area contributed by atoms with Crippen molar-refractivity contribution in [1.29, 1.82) is 0 Å². The number of esters is 1. The van der Waals surface area contributed by atoms with Gasteiger partial charge in [-0.15, -0.1) is 11.8 Å². The molecule has 1 unspecified atom stereocenters. The van der Waals surface area contributed by atoms with Crippen LogP contribution in [0, 0.1) is 0 Å². The number of carbonyl (C=O) groups is 3. The number of hydrogen-bond acceptors (Lipinski definition) is 5. The maximum Gasteiger partial charge on any atom is 0.339 e. The van der Waals surface area contributed by atoms with Crippen molar-refractivity contribution < 1.29 is 19.1 Å². The molecule has 0 saturated carbocycles. The first-order valence-electron chi connectivity index (χ1n) is 10.9. The number of benzene rings is 3. The molecule has 0 spiro atoms. The number of thioether (sulfide) groups is 1. The van der Waals surface area contributed by atoms with Gasteiger partial charge in [0.25, 0.3) is 5.91 Å². The smallest absolute Gasteiger partial charge is 0.339 e. The topological polar surface area (TPSA) is 75.7 Å². The standard InChI is InChI=1S/C26H22Cl2N2O4S/c1-2-34-26(33)21-13-20(11-12-22(21)28)29-24(32)17-5-7-18(8-6-17)25-30(23(31)15-35-25)14-16-3-9-19(27)10-4-16/h3-13,25H,2,14-15H2,1H3,(H,29,32). The van der Waals surface area contributed by atoms with Gasteiger partial charge in [-0.2, -0.15) is 0 Å². The Labute approximate surface area is 217 Å². The van der Waals surface area contributed by atoms with Crippen LogP contribution < -0.4 is 5.32 Å². The van der Waals surface area contributed by atoms with Crippen LogP contribution >= 0.6 is 35.0 Å². The van der Waals surface area contributed by atoms with Crippen LogP contribution in [-0.4, -0.2) is 35.0 Å². The number of halogens is 2. The predicted octanol–water partition coefficient (Wildman–Crippen LogP) is 6.20. The first kappa shape index (κ1) is 25.1. The first-order chi connectivity index (χ1) is 16.9. The third-order valence-electron chi connectivity index (χ3n) is 5.41. The van der Waals surface area contributed by atoms with Gasteiger partial charge in [0, 0.05) is 22.8 Å². The van der Waals surface area contributed by atoms with Gasteiger partial charge in [-0.25, -0.2) is 4.79 Å². The Balaban J connectivity index is 1.46. The third-order valence-corrected chi connectivity index (χ3v) is 7.25. The summed E-state index contributed by atoms with van der Waals surface area (Å²) in [6.07, 6.45) is 0. The highest BCUT2D eigenvalue weighted by atomic mass is 35.5.